The van der Waals surface area contributed by atoms with Crippen molar-refractivity contribution in [1.29, 1.82) is 0 Å². The molecule has 19 heavy (non-hydrogen) atoms. The molecule has 1 atom stereocenters. The standard InChI is InChI=1S/C16H16FNO/c1-11(12-6-8-13(18)9-7-12)10-16(19)14-4-2-3-5-15(14)17/h2-9,11H,10,18H2,1H3. The largest absolute Gasteiger partial charge is 0.399 e. The molecule has 2 aromatic rings. The van der Waals surface area contributed by atoms with Crippen LogP contribution in [0.4, 0.5) is 10.1 Å². The minimum absolute atomic E-state index is 0.0349. The maximum atomic E-state index is 13.5. The van der Waals surface area contributed by atoms with Crippen LogP contribution in [0.25, 0.3) is 0 Å². The first-order chi connectivity index (χ1) is 9.08. The van der Waals surface area contributed by atoms with Gasteiger partial charge in [-0.3, -0.25) is 4.79 Å². The lowest BCUT2D eigenvalue weighted by Gasteiger charge is -2.11. The molecule has 3 heteroatoms. The van der Waals surface area contributed by atoms with Gasteiger partial charge in [0.1, 0.15) is 5.82 Å². The number of anilines is 1. The average Bonchev–Trinajstić information content (AvgIpc) is 2.39. The van der Waals surface area contributed by atoms with Gasteiger partial charge in [-0.05, 0) is 35.7 Å². The summed E-state index contributed by atoms with van der Waals surface area (Å²) in [6, 6.07) is 13.5. The van der Waals surface area contributed by atoms with Gasteiger partial charge in [-0.25, -0.2) is 4.39 Å². The number of nitrogens with two attached hydrogens (primary N) is 1. The minimum Gasteiger partial charge on any atom is -0.399 e. The van der Waals surface area contributed by atoms with Crippen molar-refractivity contribution >= 4 is 11.5 Å². The fourth-order valence-electron chi connectivity index (χ4n) is 2.02. The Labute approximate surface area is 112 Å². The van der Waals surface area contributed by atoms with Crippen LogP contribution in [-0.4, -0.2) is 5.78 Å². The SMILES string of the molecule is CC(CC(=O)c1ccccc1F)c1ccc(N)cc1. The molecule has 0 amide bonds. The van der Waals surface area contributed by atoms with Crippen LogP contribution in [0.3, 0.4) is 0 Å². The predicted molar refractivity (Wildman–Crippen MR) is 74.6 cm³/mol. The van der Waals surface area contributed by atoms with Gasteiger partial charge in [0.25, 0.3) is 0 Å². The van der Waals surface area contributed by atoms with E-state index >= 15 is 0 Å². The number of rotatable bonds is 4. The first-order valence-electron chi connectivity index (χ1n) is 6.21. The third-order valence-electron chi connectivity index (χ3n) is 3.17. The molecule has 0 heterocycles. The van der Waals surface area contributed by atoms with Gasteiger partial charge >= 0.3 is 0 Å². The van der Waals surface area contributed by atoms with E-state index in [1.54, 1.807) is 24.3 Å². The molecule has 0 aliphatic carbocycles. The van der Waals surface area contributed by atoms with E-state index in [1.165, 1.54) is 12.1 Å². The van der Waals surface area contributed by atoms with Crippen LogP contribution >= 0.6 is 0 Å². The summed E-state index contributed by atoms with van der Waals surface area (Å²) in [4.78, 5) is 12.1. The molecule has 0 saturated carbocycles. The molecule has 0 aliphatic heterocycles. The van der Waals surface area contributed by atoms with Crippen LogP contribution in [0.2, 0.25) is 0 Å². The Hall–Kier alpha value is -2.16. The van der Waals surface area contributed by atoms with Crippen LogP contribution in [0.5, 0.6) is 0 Å². The molecular weight excluding hydrogens is 241 g/mol. The van der Waals surface area contributed by atoms with E-state index in [1.807, 2.05) is 19.1 Å². The van der Waals surface area contributed by atoms with Gasteiger partial charge in [0.05, 0.1) is 5.56 Å². The topological polar surface area (TPSA) is 43.1 Å². The normalized spacial score (nSPS) is 12.1. The van der Waals surface area contributed by atoms with Crippen LogP contribution in [0, 0.1) is 5.82 Å². The number of nitrogen functional groups attached to an aromatic ring is 1. The minimum atomic E-state index is -0.461. The Morgan fingerprint density at radius 2 is 1.79 bits per heavy atom. The second-order valence-electron chi connectivity index (χ2n) is 4.67. The summed E-state index contributed by atoms with van der Waals surface area (Å²) in [5, 5.41) is 0. The van der Waals surface area contributed by atoms with Gasteiger partial charge < -0.3 is 5.73 Å². The molecule has 0 spiro atoms. The highest BCUT2D eigenvalue weighted by Crippen LogP contribution is 2.22. The fourth-order valence-corrected chi connectivity index (χ4v) is 2.02. The van der Waals surface area contributed by atoms with Crippen molar-refractivity contribution in [2.75, 3.05) is 5.73 Å². The molecule has 2 rings (SSSR count). The molecule has 2 nitrogen and oxygen atoms in total. The Kier molecular flexibility index (Phi) is 3.95. The molecule has 0 fully saturated rings. The number of hydrogen-bond acceptors (Lipinski definition) is 2. The number of carbonyl (C=O) groups excluding carboxylic acids is 1. The van der Waals surface area contributed by atoms with Crippen molar-refractivity contribution in [3.63, 3.8) is 0 Å². The zero-order chi connectivity index (χ0) is 13.8. The lowest BCUT2D eigenvalue weighted by Crippen LogP contribution is -2.07. The van der Waals surface area contributed by atoms with Crippen LogP contribution in [-0.2, 0) is 0 Å². The zero-order valence-corrected chi connectivity index (χ0v) is 10.8. The highest BCUT2D eigenvalue weighted by molar-refractivity contribution is 5.96. The molecule has 0 aliphatic rings. The van der Waals surface area contributed by atoms with Crippen molar-refractivity contribution in [1.82, 2.24) is 0 Å². The molecule has 0 radical (unpaired) electrons. The van der Waals surface area contributed by atoms with E-state index in [-0.39, 0.29) is 23.7 Å². The summed E-state index contributed by atoms with van der Waals surface area (Å²) in [5.41, 5.74) is 7.50. The third kappa shape index (κ3) is 3.19. The maximum Gasteiger partial charge on any atom is 0.166 e. The van der Waals surface area contributed by atoms with E-state index in [4.69, 9.17) is 5.73 Å². The van der Waals surface area contributed by atoms with Gasteiger partial charge in [-0.1, -0.05) is 31.2 Å². The summed E-state index contributed by atoms with van der Waals surface area (Å²) in [7, 11) is 0. The molecule has 1 unspecified atom stereocenters. The quantitative estimate of drug-likeness (QED) is 0.669. The molecule has 98 valence electrons. The molecule has 0 saturated heterocycles. The number of Topliss-reactive ketones (excluding diaryl/α,β-unsaturated/α-hetero) is 1. The lowest BCUT2D eigenvalue weighted by atomic mass is 9.93. The van der Waals surface area contributed by atoms with Gasteiger partial charge in [0.15, 0.2) is 5.78 Å². The number of hydrogen-bond donors (Lipinski definition) is 1. The van der Waals surface area contributed by atoms with Crippen LogP contribution in [0.1, 0.15) is 35.2 Å². The van der Waals surface area contributed by atoms with Gasteiger partial charge in [0.2, 0.25) is 0 Å². The Morgan fingerprint density at radius 3 is 2.42 bits per heavy atom. The highest BCUT2D eigenvalue weighted by Gasteiger charge is 2.15. The van der Waals surface area contributed by atoms with Crippen LogP contribution in [0.15, 0.2) is 48.5 Å². The van der Waals surface area contributed by atoms with Crippen molar-refractivity contribution < 1.29 is 9.18 Å². The Bertz CT molecular complexity index is 578. The molecular formula is C16H16FNO. The Morgan fingerprint density at radius 1 is 1.16 bits per heavy atom. The maximum absolute atomic E-state index is 13.5. The fraction of sp³-hybridized carbons (Fsp3) is 0.188. The third-order valence-corrected chi connectivity index (χ3v) is 3.17. The van der Waals surface area contributed by atoms with E-state index in [0.717, 1.165) is 5.56 Å². The summed E-state index contributed by atoms with van der Waals surface area (Å²) in [6.45, 7) is 1.95. The zero-order valence-electron chi connectivity index (χ0n) is 10.8. The molecule has 2 aromatic carbocycles. The second kappa shape index (κ2) is 5.65. The van der Waals surface area contributed by atoms with Crippen LogP contribution < -0.4 is 5.73 Å². The summed E-state index contributed by atoms with van der Waals surface area (Å²) in [5.74, 6) is -0.605. The summed E-state index contributed by atoms with van der Waals surface area (Å²) in [6.07, 6.45) is 0.283. The second-order valence-corrected chi connectivity index (χ2v) is 4.67. The number of ketones is 1. The summed E-state index contributed by atoms with van der Waals surface area (Å²) < 4.78 is 13.5. The lowest BCUT2D eigenvalue weighted by molar-refractivity contribution is 0.0972. The highest BCUT2D eigenvalue weighted by atomic mass is 19.1. The van der Waals surface area contributed by atoms with Gasteiger partial charge in [-0.15, -0.1) is 0 Å². The van der Waals surface area contributed by atoms with E-state index < -0.39 is 5.82 Å². The van der Waals surface area contributed by atoms with E-state index in [2.05, 4.69) is 0 Å². The van der Waals surface area contributed by atoms with E-state index in [9.17, 15) is 9.18 Å². The van der Waals surface area contributed by atoms with Crippen molar-refractivity contribution in [2.24, 2.45) is 0 Å². The number of halogens is 1. The molecule has 0 aromatic heterocycles. The van der Waals surface area contributed by atoms with Crippen molar-refractivity contribution in [3.8, 4) is 0 Å². The number of benzene rings is 2. The summed E-state index contributed by atoms with van der Waals surface area (Å²) >= 11 is 0. The van der Waals surface area contributed by atoms with Gasteiger partial charge in [-0.2, -0.15) is 0 Å². The van der Waals surface area contributed by atoms with Gasteiger partial charge in [0, 0.05) is 12.1 Å². The Balaban J connectivity index is 2.11. The first-order valence-corrected chi connectivity index (χ1v) is 6.21. The van der Waals surface area contributed by atoms with Crippen molar-refractivity contribution in [3.05, 3.63) is 65.5 Å². The monoisotopic (exact) mass is 257 g/mol. The predicted octanol–water partition coefficient (Wildman–Crippen LogP) is 3.78. The average molecular weight is 257 g/mol. The molecule has 0 bridgehead atoms. The van der Waals surface area contributed by atoms with Crippen molar-refractivity contribution in [2.45, 2.75) is 19.3 Å². The smallest absolute Gasteiger partial charge is 0.166 e. The van der Waals surface area contributed by atoms with E-state index in [0.29, 0.717) is 5.69 Å². The first kappa shape index (κ1) is 13.3. The molecule has 2 N–H and O–H groups in total. The number of carbonyl (C=O) groups is 1.